The first-order chi connectivity index (χ1) is 12.0. The van der Waals surface area contributed by atoms with Crippen LogP contribution in [0.4, 0.5) is 5.69 Å². The zero-order valence-corrected chi connectivity index (χ0v) is 15.3. The lowest BCUT2D eigenvalue weighted by Gasteiger charge is -2.39. The fraction of sp³-hybridized carbons (Fsp3) is 0.500. The molecule has 0 atom stereocenters. The summed E-state index contributed by atoms with van der Waals surface area (Å²) >= 11 is 0. The van der Waals surface area contributed by atoms with E-state index in [1.54, 1.807) is 0 Å². The molecule has 1 aromatic carbocycles. The van der Waals surface area contributed by atoms with E-state index in [9.17, 15) is 4.79 Å². The Morgan fingerprint density at radius 1 is 1.28 bits per heavy atom. The van der Waals surface area contributed by atoms with Crippen LogP contribution >= 0.6 is 0 Å². The Kier molecular flexibility index (Phi) is 5.23. The van der Waals surface area contributed by atoms with E-state index in [-0.39, 0.29) is 6.54 Å². The second-order valence-electron chi connectivity index (χ2n) is 6.86. The number of likely N-dealkylation sites (N-methyl/N-ethyl adjacent to an activating group) is 1. The summed E-state index contributed by atoms with van der Waals surface area (Å²) in [6.07, 6.45) is 1.99. The van der Waals surface area contributed by atoms with Crippen molar-refractivity contribution in [3.63, 3.8) is 0 Å². The molecule has 1 aliphatic heterocycles. The van der Waals surface area contributed by atoms with Crippen molar-refractivity contribution < 1.29 is 9.90 Å². The summed E-state index contributed by atoms with van der Waals surface area (Å²) in [4.78, 5) is 20.3. The van der Waals surface area contributed by atoms with Crippen LogP contribution in [0.2, 0.25) is 0 Å². The summed E-state index contributed by atoms with van der Waals surface area (Å²) in [6, 6.07) is 8.68. The summed E-state index contributed by atoms with van der Waals surface area (Å²) in [5.74, 6) is -0.740. The van der Waals surface area contributed by atoms with Crippen LogP contribution in [0.5, 0.6) is 0 Å². The van der Waals surface area contributed by atoms with Gasteiger partial charge in [0.2, 0.25) is 0 Å². The average Bonchev–Trinajstić information content (AvgIpc) is 2.61. The van der Waals surface area contributed by atoms with Gasteiger partial charge in [0.1, 0.15) is 0 Å². The molecule has 0 amide bonds. The first kappa shape index (κ1) is 17.7. The Balaban J connectivity index is 1.83. The molecule has 1 saturated heterocycles. The van der Waals surface area contributed by atoms with E-state index in [0.717, 1.165) is 43.7 Å². The molecule has 0 bridgehead atoms. The number of carbonyl (C=O) groups is 1. The molecule has 2 heterocycles. The van der Waals surface area contributed by atoms with Crippen molar-refractivity contribution in [1.29, 1.82) is 0 Å². The van der Waals surface area contributed by atoms with Gasteiger partial charge in [-0.1, -0.05) is 25.1 Å². The molecular formula is C20H27N3O2. The molecule has 134 valence electrons. The van der Waals surface area contributed by atoms with Gasteiger partial charge in [0.05, 0.1) is 17.7 Å². The highest BCUT2D eigenvalue weighted by Gasteiger charge is 2.27. The standard InChI is InChI=1S/C20H27N3O2/c1-4-22(13-19(24)25)16-9-11-23(12-10-16)20-14(2)15(3)21-18-8-6-5-7-17(18)20/h5-8,16H,4,9-13H2,1-3H3,(H,24,25). The van der Waals surface area contributed by atoms with Crippen molar-refractivity contribution in [2.24, 2.45) is 0 Å². The monoisotopic (exact) mass is 341 g/mol. The van der Waals surface area contributed by atoms with Crippen LogP contribution in [0, 0.1) is 13.8 Å². The number of para-hydroxylation sites is 1. The van der Waals surface area contributed by atoms with Gasteiger partial charge in [-0.15, -0.1) is 0 Å². The number of aromatic nitrogens is 1. The van der Waals surface area contributed by atoms with Crippen molar-refractivity contribution in [1.82, 2.24) is 9.88 Å². The van der Waals surface area contributed by atoms with Gasteiger partial charge >= 0.3 is 5.97 Å². The minimum absolute atomic E-state index is 0.136. The molecule has 1 N–H and O–H groups in total. The number of hydrogen-bond acceptors (Lipinski definition) is 4. The third-order valence-corrected chi connectivity index (χ3v) is 5.39. The van der Waals surface area contributed by atoms with E-state index in [1.165, 1.54) is 16.6 Å². The zero-order valence-electron chi connectivity index (χ0n) is 15.3. The highest BCUT2D eigenvalue weighted by molar-refractivity contribution is 5.93. The lowest BCUT2D eigenvalue weighted by molar-refractivity contribution is -0.139. The maximum atomic E-state index is 11.1. The van der Waals surface area contributed by atoms with Crippen molar-refractivity contribution >= 4 is 22.6 Å². The Hall–Kier alpha value is -2.14. The van der Waals surface area contributed by atoms with Crippen LogP contribution in [0.1, 0.15) is 31.0 Å². The number of nitrogens with zero attached hydrogens (tertiary/aromatic N) is 3. The Bertz CT molecular complexity index is 767. The lowest BCUT2D eigenvalue weighted by Crippen LogP contribution is -2.46. The third kappa shape index (κ3) is 3.61. The minimum Gasteiger partial charge on any atom is -0.480 e. The van der Waals surface area contributed by atoms with E-state index in [0.29, 0.717) is 6.04 Å². The van der Waals surface area contributed by atoms with Crippen LogP contribution < -0.4 is 4.90 Å². The molecule has 0 unspecified atom stereocenters. The highest BCUT2D eigenvalue weighted by Crippen LogP contribution is 2.33. The summed E-state index contributed by atoms with van der Waals surface area (Å²) in [5.41, 5.74) is 4.67. The van der Waals surface area contributed by atoms with Gasteiger partial charge in [-0.25, -0.2) is 0 Å². The molecule has 0 aliphatic carbocycles. The molecule has 1 fully saturated rings. The topological polar surface area (TPSA) is 56.7 Å². The Labute approximate surface area is 149 Å². The zero-order chi connectivity index (χ0) is 18.0. The van der Waals surface area contributed by atoms with Crippen LogP contribution in [0.25, 0.3) is 10.9 Å². The number of rotatable bonds is 5. The van der Waals surface area contributed by atoms with Gasteiger partial charge in [-0.3, -0.25) is 14.7 Å². The normalized spacial score (nSPS) is 15.9. The highest BCUT2D eigenvalue weighted by atomic mass is 16.4. The Morgan fingerprint density at radius 2 is 1.96 bits per heavy atom. The fourth-order valence-corrected chi connectivity index (χ4v) is 3.94. The molecule has 1 aliphatic rings. The largest absolute Gasteiger partial charge is 0.480 e. The smallest absolute Gasteiger partial charge is 0.317 e. The number of pyridine rings is 1. The number of aliphatic carboxylic acids is 1. The van der Waals surface area contributed by atoms with Gasteiger partial charge in [-0.05, 0) is 44.9 Å². The van der Waals surface area contributed by atoms with E-state index < -0.39 is 5.97 Å². The van der Waals surface area contributed by atoms with Gasteiger partial charge in [-0.2, -0.15) is 0 Å². The second kappa shape index (κ2) is 7.40. The predicted octanol–water partition coefficient (Wildman–Crippen LogP) is 3.23. The molecular weight excluding hydrogens is 314 g/mol. The van der Waals surface area contributed by atoms with Crippen LogP contribution in [0.3, 0.4) is 0 Å². The maximum absolute atomic E-state index is 11.1. The van der Waals surface area contributed by atoms with Crippen molar-refractivity contribution in [3.8, 4) is 0 Å². The molecule has 0 radical (unpaired) electrons. The molecule has 5 nitrogen and oxygen atoms in total. The molecule has 0 saturated carbocycles. The van der Waals surface area contributed by atoms with Gasteiger partial charge in [0.15, 0.2) is 0 Å². The summed E-state index contributed by atoms with van der Waals surface area (Å²) < 4.78 is 0. The minimum atomic E-state index is -0.740. The number of piperidine rings is 1. The number of anilines is 1. The number of benzene rings is 1. The Morgan fingerprint density at radius 3 is 2.60 bits per heavy atom. The fourth-order valence-electron chi connectivity index (χ4n) is 3.94. The predicted molar refractivity (Wildman–Crippen MR) is 101 cm³/mol. The first-order valence-electron chi connectivity index (χ1n) is 9.08. The molecule has 5 heteroatoms. The second-order valence-corrected chi connectivity index (χ2v) is 6.86. The van der Waals surface area contributed by atoms with Crippen molar-refractivity contribution in [3.05, 3.63) is 35.5 Å². The number of aryl methyl sites for hydroxylation is 1. The van der Waals surface area contributed by atoms with E-state index in [1.807, 2.05) is 13.0 Å². The van der Waals surface area contributed by atoms with Crippen LogP contribution in [-0.4, -0.2) is 53.2 Å². The first-order valence-corrected chi connectivity index (χ1v) is 9.08. The number of carboxylic acids is 1. The summed E-state index contributed by atoms with van der Waals surface area (Å²) in [6.45, 7) is 9.09. The molecule has 25 heavy (non-hydrogen) atoms. The molecule has 2 aromatic rings. The van der Waals surface area contributed by atoms with Gasteiger partial charge in [0.25, 0.3) is 0 Å². The van der Waals surface area contributed by atoms with E-state index >= 15 is 0 Å². The molecule has 3 rings (SSSR count). The van der Waals surface area contributed by atoms with Gasteiger partial charge in [0, 0.05) is 30.2 Å². The molecule has 1 aromatic heterocycles. The average molecular weight is 341 g/mol. The number of hydrogen-bond donors (Lipinski definition) is 1. The summed E-state index contributed by atoms with van der Waals surface area (Å²) in [7, 11) is 0. The van der Waals surface area contributed by atoms with Crippen LogP contribution in [-0.2, 0) is 4.79 Å². The van der Waals surface area contributed by atoms with Gasteiger partial charge < -0.3 is 10.0 Å². The third-order valence-electron chi connectivity index (χ3n) is 5.39. The van der Waals surface area contributed by atoms with Crippen molar-refractivity contribution in [2.45, 2.75) is 39.7 Å². The summed E-state index contributed by atoms with van der Waals surface area (Å²) in [5, 5.41) is 10.3. The van der Waals surface area contributed by atoms with Crippen molar-refractivity contribution in [2.75, 3.05) is 31.1 Å². The van der Waals surface area contributed by atoms with Crippen LogP contribution in [0.15, 0.2) is 24.3 Å². The SMILES string of the molecule is CCN(CC(=O)O)C1CCN(c2c(C)c(C)nc3ccccc23)CC1. The maximum Gasteiger partial charge on any atom is 0.317 e. The lowest BCUT2D eigenvalue weighted by atomic mass is 9.99. The quantitative estimate of drug-likeness (QED) is 0.905. The van der Waals surface area contributed by atoms with E-state index in [2.05, 4.69) is 41.8 Å². The van der Waals surface area contributed by atoms with E-state index in [4.69, 9.17) is 10.1 Å². The molecule has 0 spiro atoms. The number of carboxylic acid groups (broad SMARTS) is 1. The number of fused-ring (bicyclic) bond motifs is 1.